The lowest BCUT2D eigenvalue weighted by atomic mass is 10.2. The Balaban J connectivity index is 2.64. The van der Waals surface area contributed by atoms with E-state index in [9.17, 15) is 9.90 Å². The number of carbonyl (C=O) groups is 1. The first-order chi connectivity index (χ1) is 9.35. The third-order valence-electron chi connectivity index (χ3n) is 3.10. The minimum atomic E-state index is -0.534. The number of aryl methyl sites for hydroxylation is 2. The molecule has 0 aromatic carbocycles. The molecule has 20 heavy (non-hydrogen) atoms. The number of rotatable bonds is 6. The van der Waals surface area contributed by atoms with Crippen LogP contribution >= 0.6 is 0 Å². The second kappa shape index (κ2) is 7.28. The van der Waals surface area contributed by atoms with Crippen LogP contribution in [0.1, 0.15) is 39.0 Å². The average Bonchev–Trinajstić information content (AvgIpc) is 2.73. The fourth-order valence-corrected chi connectivity index (χ4v) is 2.11. The number of aliphatic hydroxyl groups excluding tert-OH is 1. The van der Waals surface area contributed by atoms with Crippen molar-refractivity contribution in [3.63, 3.8) is 0 Å². The van der Waals surface area contributed by atoms with Crippen molar-refractivity contribution in [3.05, 3.63) is 17.5 Å². The maximum atomic E-state index is 12.2. The molecule has 1 heterocycles. The standard InChI is InChI=1S/C14H26N4O2/c1-6-13-12(9-17(5)16-13)7-15-14(20)18(10(2)3)8-11(4)19/h9-11,19H,6-8H2,1-5H3,(H,15,20). The van der Waals surface area contributed by atoms with Crippen molar-refractivity contribution in [1.82, 2.24) is 20.0 Å². The van der Waals surface area contributed by atoms with E-state index >= 15 is 0 Å². The molecule has 0 spiro atoms. The monoisotopic (exact) mass is 282 g/mol. The van der Waals surface area contributed by atoms with Crippen molar-refractivity contribution >= 4 is 6.03 Å². The molecule has 1 aromatic rings. The molecule has 1 rings (SSSR count). The van der Waals surface area contributed by atoms with Crippen LogP contribution < -0.4 is 5.32 Å². The Morgan fingerprint density at radius 2 is 2.15 bits per heavy atom. The second-order valence-corrected chi connectivity index (χ2v) is 5.38. The first-order valence-electron chi connectivity index (χ1n) is 7.09. The normalized spacial score (nSPS) is 12.6. The van der Waals surface area contributed by atoms with E-state index in [1.54, 1.807) is 16.5 Å². The molecule has 1 unspecified atom stereocenters. The summed E-state index contributed by atoms with van der Waals surface area (Å²) in [6.07, 6.45) is 2.23. The lowest BCUT2D eigenvalue weighted by Gasteiger charge is -2.28. The molecule has 0 aliphatic carbocycles. The van der Waals surface area contributed by atoms with Crippen LogP contribution in [0.15, 0.2) is 6.20 Å². The summed E-state index contributed by atoms with van der Waals surface area (Å²) in [5.41, 5.74) is 2.03. The highest BCUT2D eigenvalue weighted by Crippen LogP contribution is 2.08. The molecule has 2 N–H and O–H groups in total. The van der Waals surface area contributed by atoms with Gasteiger partial charge in [0.1, 0.15) is 0 Å². The van der Waals surface area contributed by atoms with Crippen LogP contribution in [0.25, 0.3) is 0 Å². The Hall–Kier alpha value is -1.56. The van der Waals surface area contributed by atoms with Crippen LogP contribution in [0.3, 0.4) is 0 Å². The summed E-state index contributed by atoms with van der Waals surface area (Å²) in [4.78, 5) is 13.8. The van der Waals surface area contributed by atoms with Gasteiger partial charge in [-0.1, -0.05) is 6.92 Å². The molecule has 1 atom stereocenters. The van der Waals surface area contributed by atoms with Gasteiger partial charge in [-0.05, 0) is 27.2 Å². The molecule has 1 aromatic heterocycles. The number of hydrogen-bond donors (Lipinski definition) is 2. The highest BCUT2D eigenvalue weighted by atomic mass is 16.3. The number of hydrogen-bond acceptors (Lipinski definition) is 3. The number of aromatic nitrogens is 2. The number of amides is 2. The molecule has 0 saturated heterocycles. The van der Waals surface area contributed by atoms with Crippen molar-refractivity contribution in [2.24, 2.45) is 7.05 Å². The largest absolute Gasteiger partial charge is 0.392 e. The molecule has 114 valence electrons. The van der Waals surface area contributed by atoms with E-state index in [-0.39, 0.29) is 12.1 Å². The predicted molar refractivity (Wildman–Crippen MR) is 78.3 cm³/mol. The number of carbonyl (C=O) groups excluding carboxylic acids is 1. The lowest BCUT2D eigenvalue weighted by Crippen LogP contribution is -2.46. The van der Waals surface area contributed by atoms with Gasteiger partial charge in [-0.3, -0.25) is 4.68 Å². The third-order valence-corrected chi connectivity index (χ3v) is 3.10. The number of aliphatic hydroxyl groups is 1. The van der Waals surface area contributed by atoms with Crippen molar-refractivity contribution in [2.45, 2.75) is 52.8 Å². The van der Waals surface area contributed by atoms with Crippen molar-refractivity contribution in [1.29, 1.82) is 0 Å². The second-order valence-electron chi connectivity index (χ2n) is 5.38. The molecule has 0 aliphatic heterocycles. The Morgan fingerprint density at radius 1 is 1.50 bits per heavy atom. The third kappa shape index (κ3) is 4.52. The van der Waals surface area contributed by atoms with Crippen molar-refractivity contribution in [2.75, 3.05) is 6.54 Å². The molecule has 2 amide bonds. The minimum Gasteiger partial charge on any atom is -0.392 e. The zero-order chi connectivity index (χ0) is 15.3. The van der Waals surface area contributed by atoms with Gasteiger partial charge >= 0.3 is 6.03 Å². The predicted octanol–water partition coefficient (Wildman–Crippen LogP) is 1.28. The molecule has 0 radical (unpaired) electrons. The maximum Gasteiger partial charge on any atom is 0.317 e. The van der Waals surface area contributed by atoms with Gasteiger partial charge in [-0.2, -0.15) is 5.10 Å². The van der Waals surface area contributed by atoms with E-state index in [4.69, 9.17) is 0 Å². The number of nitrogens with one attached hydrogen (secondary N) is 1. The smallest absolute Gasteiger partial charge is 0.317 e. The van der Waals surface area contributed by atoms with Gasteiger partial charge in [0.25, 0.3) is 0 Å². The van der Waals surface area contributed by atoms with Crippen LogP contribution in [-0.4, -0.2) is 44.5 Å². The quantitative estimate of drug-likeness (QED) is 0.826. The minimum absolute atomic E-state index is 0.0455. The summed E-state index contributed by atoms with van der Waals surface area (Å²) in [5.74, 6) is 0. The fraction of sp³-hybridized carbons (Fsp3) is 0.714. The highest BCUT2D eigenvalue weighted by molar-refractivity contribution is 5.74. The van der Waals surface area contributed by atoms with E-state index < -0.39 is 6.10 Å². The summed E-state index contributed by atoms with van der Waals surface area (Å²) in [7, 11) is 1.87. The van der Waals surface area contributed by atoms with Crippen LogP contribution in [0.2, 0.25) is 0 Å². The summed E-state index contributed by atoms with van der Waals surface area (Å²) >= 11 is 0. The summed E-state index contributed by atoms with van der Waals surface area (Å²) < 4.78 is 1.76. The first kappa shape index (κ1) is 16.5. The lowest BCUT2D eigenvalue weighted by molar-refractivity contribution is 0.118. The van der Waals surface area contributed by atoms with Gasteiger partial charge in [0.2, 0.25) is 0 Å². The van der Waals surface area contributed by atoms with Gasteiger partial charge < -0.3 is 15.3 Å². The zero-order valence-corrected chi connectivity index (χ0v) is 13.1. The van der Waals surface area contributed by atoms with Crippen molar-refractivity contribution in [3.8, 4) is 0 Å². The van der Waals surface area contributed by atoms with Gasteiger partial charge in [0.15, 0.2) is 0 Å². The molecule has 0 fully saturated rings. The molecular weight excluding hydrogens is 256 g/mol. The van der Waals surface area contributed by atoms with Gasteiger partial charge in [-0.15, -0.1) is 0 Å². The highest BCUT2D eigenvalue weighted by Gasteiger charge is 2.18. The van der Waals surface area contributed by atoms with E-state index in [0.29, 0.717) is 13.1 Å². The van der Waals surface area contributed by atoms with E-state index in [2.05, 4.69) is 10.4 Å². The molecular formula is C14H26N4O2. The van der Waals surface area contributed by atoms with Crippen LogP contribution in [-0.2, 0) is 20.0 Å². The molecule has 6 heteroatoms. The average molecular weight is 282 g/mol. The van der Waals surface area contributed by atoms with Crippen LogP contribution in [0.5, 0.6) is 0 Å². The van der Waals surface area contributed by atoms with Gasteiger partial charge in [0, 0.05) is 37.9 Å². The molecule has 6 nitrogen and oxygen atoms in total. The molecule has 0 saturated carbocycles. The zero-order valence-electron chi connectivity index (χ0n) is 13.1. The van der Waals surface area contributed by atoms with E-state index in [1.807, 2.05) is 34.0 Å². The fourth-order valence-electron chi connectivity index (χ4n) is 2.11. The Bertz CT molecular complexity index is 440. The van der Waals surface area contributed by atoms with Gasteiger partial charge in [-0.25, -0.2) is 4.79 Å². The first-order valence-corrected chi connectivity index (χ1v) is 7.09. The van der Waals surface area contributed by atoms with Crippen LogP contribution in [0, 0.1) is 0 Å². The Morgan fingerprint density at radius 3 is 2.65 bits per heavy atom. The SMILES string of the molecule is CCc1nn(C)cc1CNC(=O)N(CC(C)O)C(C)C. The van der Waals surface area contributed by atoms with Crippen LogP contribution in [0.4, 0.5) is 4.79 Å². The van der Waals surface area contributed by atoms with Crippen molar-refractivity contribution < 1.29 is 9.90 Å². The maximum absolute atomic E-state index is 12.2. The van der Waals surface area contributed by atoms with Gasteiger partial charge in [0.05, 0.1) is 11.8 Å². The summed E-state index contributed by atoms with van der Waals surface area (Å²) in [5, 5.41) is 16.7. The van der Waals surface area contributed by atoms with E-state index in [1.165, 1.54) is 0 Å². The summed E-state index contributed by atoms with van der Waals surface area (Å²) in [6.45, 7) is 8.38. The Kier molecular flexibility index (Phi) is 6.01. The number of urea groups is 1. The molecule has 0 bridgehead atoms. The number of nitrogens with zero attached hydrogens (tertiary/aromatic N) is 3. The molecule has 0 aliphatic rings. The topological polar surface area (TPSA) is 70.4 Å². The summed E-state index contributed by atoms with van der Waals surface area (Å²) in [6, 6.07) is -0.115. The Labute approximate surface area is 120 Å². The van der Waals surface area contributed by atoms with E-state index in [0.717, 1.165) is 17.7 Å².